The molecule has 0 spiro atoms. The fraction of sp³-hybridized carbons (Fsp3) is 0.188. The van der Waals surface area contributed by atoms with Crippen LogP contribution in [0.15, 0.2) is 42.5 Å². The molecule has 2 aromatic rings. The van der Waals surface area contributed by atoms with Gasteiger partial charge in [-0.1, -0.05) is 18.2 Å². The number of amides is 1. The Bertz CT molecular complexity index is 653. The van der Waals surface area contributed by atoms with Gasteiger partial charge in [0.2, 0.25) is 0 Å². The molecule has 3 rings (SSSR count). The highest BCUT2D eigenvalue weighted by atomic mass is 16.5. The Balaban J connectivity index is 1.88. The first kappa shape index (κ1) is 12.5. The van der Waals surface area contributed by atoms with Crippen LogP contribution in [0.25, 0.3) is 0 Å². The van der Waals surface area contributed by atoms with E-state index < -0.39 is 0 Å². The van der Waals surface area contributed by atoms with Crippen LogP contribution < -0.4 is 15.4 Å². The van der Waals surface area contributed by atoms with Crippen molar-refractivity contribution in [1.82, 2.24) is 0 Å². The molecule has 20 heavy (non-hydrogen) atoms. The lowest BCUT2D eigenvalue weighted by atomic mass is 10.1. The van der Waals surface area contributed by atoms with Crippen LogP contribution in [0.4, 0.5) is 11.4 Å². The predicted octanol–water partition coefficient (Wildman–Crippen LogP) is 3.05. The van der Waals surface area contributed by atoms with Crippen molar-refractivity contribution in [3.8, 4) is 5.75 Å². The summed E-state index contributed by atoms with van der Waals surface area (Å²) in [6.45, 7) is 3.32. The Labute approximate surface area is 117 Å². The van der Waals surface area contributed by atoms with Crippen LogP contribution in [-0.4, -0.2) is 19.1 Å². The van der Waals surface area contributed by atoms with Crippen LogP contribution in [0.5, 0.6) is 5.75 Å². The number of anilines is 2. The van der Waals surface area contributed by atoms with Gasteiger partial charge >= 0.3 is 0 Å². The number of carbonyl (C=O) groups is 1. The van der Waals surface area contributed by atoms with Gasteiger partial charge in [0.1, 0.15) is 6.61 Å². The molecular weight excluding hydrogens is 252 g/mol. The molecule has 0 fully saturated rings. The number of hydrogen-bond acceptors (Lipinski definition) is 3. The fourth-order valence-corrected chi connectivity index (χ4v) is 2.27. The van der Waals surface area contributed by atoms with E-state index in [9.17, 15) is 4.79 Å². The number of aryl methyl sites for hydroxylation is 1. The third kappa shape index (κ3) is 2.45. The highest BCUT2D eigenvalue weighted by Gasteiger charge is 2.18. The van der Waals surface area contributed by atoms with E-state index in [1.165, 1.54) is 0 Å². The number of nitrogens with one attached hydrogen (secondary N) is 2. The maximum Gasteiger partial charge on any atom is 0.259 e. The summed E-state index contributed by atoms with van der Waals surface area (Å²) < 4.78 is 5.61. The van der Waals surface area contributed by atoms with Gasteiger partial charge in [-0.3, -0.25) is 4.79 Å². The van der Waals surface area contributed by atoms with Crippen LogP contribution in [0.3, 0.4) is 0 Å². The average molecular weight is 268 g/mol. The first-order valence-corrected chi connectivity index (χ1v) is 6.62. The minimum absolute atomic E-state index is 0.156. The van der Waals surface area contributed by atoms with E-state index in [1.807, 2.05) is 43.3 Å². The Morgan fingerprint density at radius 3 is 2.95 bits per heavy atom. The average Bonchev–Trinajstić information content (AvgIpc) is 2.46. The molecule has 1 heterocycles. The second-order valence-corrected chi connectivity index (χ2v) is 4.78. The standard InChI is InChI=1S/C16H16N2O2/c1-11-4-2-5-12(10-11)18-16(19)13-6-3-7-14-15(13)20-9-8-17-14/h2-7,10,17H,8-9H2,1H3,(H,18,19). The number of hydrogen-bond donors (Lipinski definition) is 2. The molecule has 1 amide bonds. The minimum atomic E-state index is -0.156. The molecule has 0 aromatic heterocycles. The molecule has 0 saturated carbocycles. The summed E-state index contributed by atoms with van der Waals surface area (Å²) in [5.74, 6) is 0.472. The second kappa shape index (κ2) is 5.25. The van der Waals surface area contributed by atoms with Crippen LogP contribution >= 0.6 is 0 Å². The van der Waals surface area contributed by atoms with E-state index in [1.54, 1.807) is 6.07 Å². The van der Waals surface area contributed by atoms with Crippen molar-refractivity contribution in [3.63, 3.8) is 0 Å². The van der Waals surface area contributed by atoms with Gasteiger partial charge in [-0.25, -0.2) is 0 Å². The normalized spacial score (nSPS) is 12.8. The van der Waals surface area contributed by atoms with E-state index in [0.717, 1.165) is 23.5 Å². The van der Waals surface area contributed by atoms with Gasteiger partial charge in [-0.2, -0.15) is 0 Å². The summed E-state index contributed by atoms with van der Waals surface area (Å²) in [6.07, 6.45) is 0. The van der Waals surface area contributed by atoms with Gasteiger partial charge < -0.3 is 15.4 Å². The number of benzene rings is 2. The van der Waals surface area contributed by atoms with Crippen molar-refractivity contribution in [3.05, 3.63) is 53.6 Å². The Morgan fingerprint density at radius 1 is 1.25 bits per heavy atom. The first-order valence-electron chi connectivity index (χ1n) is 6.62. The SMILES string of the molecule is Cc1cccc(NC(=O)c2cccc3c2OCCN3)c1. The summed E-state index contributed by atoms with van der Waals surface area (Å²) >= 11 is 0. The van der Waals surface area contributed by atoms with Gasteiger partial charge in [0.25, 0.3) is 5.91 Å². The molecule has 0 unspecified atom stereocenters. The lowest BCUT2D eigenvalue weighted by molar-refractivity contribution is 0.102. The minimum Gasteiger partial charge on any atom is -0.489 e. The number of carbonyl (C=O) groups excluding carboxylic acids is 1. The molecule has 2 aromatic carbocycles. The lowest BCUT2D eigenvalue weighted by Gasteiger charge is -2.21. The van der Waals surface area contributed by atoms with Crippen LogP contribution in [-0.2, 0) is 0 Å². The van der Waals surface area contributed by atoms with Gasteiger partial charge in [-0.15, -0.1) is 0 Å². The predicted molar refractivity (Wildman–Crippen MR) is 79.6 cm³/mol. The molecule has 102 valence electrons. The molecule has 0 saturated heterocycles. The van der Waals surface area contributed by atoms with E-state index >= 15 is 0 Å². The molecule has 4 nitrogen and oxygen atoms in total. The zero-order valence-electron chi connectivity index (χ0n) is 11.3. The Morgan fingerprint density at radius 2 is 2.10 bits per heavy atom. The second-order valence-electron chi connectivity index (χ2n) is 4.78. The Hall–Kier alpha value is -2.49. The molecule has 2 N–H and O–H groups in total. The molecule has 0 bridgehead atoms. The van der Waals surface area contributed by atoms with Gasteiger partial charge in [0.15, 0.2) is 5.75 Å². The van der Waals surface area contributed by atoms with E-state index in [-0.39, 0.29) is 5.91 Å². The van der Waals surface area contributed by atoms with Crippen molar-refractivity contribution >= 4 is 17.3 Å². The highest BCUT2D eigenvalue weighted by molar-refractivity contribution is 6.07. The zero-order chi connectivity index (χ0) is 13.9. The van der Waals surface area contributed by atoms with Crippen LogP contribution in [0.2, 0.25) is 0 Å². The van der Waals surface area contributed by atoms with Crippen molar-refractivity contribution in [1.29, 1.82) is 0 Å². The fourth-order valence-electron chi connectivity index (χ4n) is 2.27. The van der Waals surface area contributed by atoms with Gasteiger partial charge in [0.05, 0.1) is 11.3 Å². The largest absolute Gasteiger partial charge is 0.489 e. The zero-order valence-corrected chi connectivity index (χ0v) is 11.3. The topological polar surface area (TPSA) is 50.4 Å². The van der Waals surface area contributed by atoms with Crippen molar-refractivity contribution in [2.45, 2.75) is 6.92 Å². The van der Waals surface area contributed by atoms with Crippen LogP contribution in [0.1, 0.15) is 15.9 Å². The van der Waals surface area contributed by atoms with Crippen molar-refractivity contribution in [2.24, 2.45) is 0 Å². The quantitative estimate of drug-likeness (QED) is 0.880. The molecule has 0 atom stereocenters. The molecule has 1 aliphatic rings. The maximum atomic E-state index is 12.4. The summed E-state index contributed by atoms with van der Waals surface area (Å²) in [7, 11) is 0. The van der Waals surface area contributed by atoms with Crippen molar-refractivity contribution in [2.75, 3.05) is 23.8 Å². The van der Waals surface area contributed by atoms with E-state index in [2.05, 4.69) is 10.6 Å². The molecule has 0 aliphatic carbocycles. The summed E-state index contributed by atoms with van der Waals surface area (Å²) in [4.78, 5) is 12.4. The first-order chi connectivity index (χ1) is 9.74. The van der Waals surface area contributed by atoms with Crippen LogP contribution in [0, 0.1) is 6.92 Å². The summed E-state index contributed by atoms with van der Waals surface area (Å²) in [6, 6.07) is 13.3. The summed E-state index contributed by atoms with van der Waals surface area (Å²) in [5.41, 5.74) is 3.32. The number of ether oxygens (including phenoxy) is 1. The lowest BCUT2D eigenvalue weighted by Crippen LogP contribution is -2.21. The maximum absolute atomic E-state index is 12.4. The van der Waals surface area contributed by atoms with E-state index in [4.69, 9.17) is 4.74 Å². The highest BCUT2D eigenvalue weighted by Crippen LogP contribution is 2.31. The smallest absolute Gasteiger partial charge is 0.259 e. The van der Waals surface area contributed by atoms with E-state index in [0.29, 0.717) is 17.9 Å². The monoisotopic (exact) mass is 268 g/mol. The molecule has 1 aliphatic heterocycles. The number of fused-ring (bicyclic) bond motifs is 1. The Kier molecular flexibility index (Phi) is 3.29. The molecule has 4 heteroatoms. The molecular formula is C16H16N2O2. The molecule has 0 radical (unpaired) electrons. The summed E-state index contributed by atoms with van der Waals surface area (Å²) in [5, 5.41) is 6.13. The van der Waals surface area contributed by atoms with Crippen molar-refractivity contribution < 1.29 is 9.53 Å². The van der Waals surface area contributed by atoms with Gasteiger partial charge in [-0.05, 0) is 36.8 Å². The number of rotatable bonds is 2. The number of para-hydroxylation sites is 1. The third-order valence-electron chi connectivity index (χ3n) is 3.20. The van der Waals surface area contributed by atoms with Gasteiger partial charge in [0, 0.05) is 12.2 Å². The third-order valence-corrected chi connectivity index (χ3v) is 3.20.